The van der Waals surface area contributed by atoms with Gasteiger partial charge in [0.05, 0.1) is 11.6 Å². The Labute approximate surface area is 107 Å². The summed E-state index contributed by atoms with van der Waals surface area (Å²) in [5.41, 5.74) is 2.29. The summed E-state index contributed by atoms with van der Waals surface area (Å²) in [6, 6.07) is 10.9. The molecule has 1 aliphatic rings. The van der Waals surface area contributed by atoms with Crippen LogP contribution in [0.1, 0.15) is 24.5 Å². The lowest BCUT2D eigenvalue weighted by atomic mass is 9.96. The van der Waals surface area contributed by atoms with Gasteiger partial charge in [-0.1, -0.05) is 24.3 Å². The van der Waals surface area contributed by atoms with Gasteiger partial charge in [-0.05, 0) is 26.0 Å². The first-order chi connectivity index (χ1) is 8.88. The molecule has 1 N–H and O–H groups in total. The van der Waals surface area contributed by atoms with Crippen molar-refractivity contribution in [1.82, 2.24) is 10.3 Å². The van der Waals surface area contributed by atoms with E-state index in [4.69, 9.17) is 4.74 Å². The lowest BCUT2D eigenvalue weighted by Gasteiger charge is -2.30. The standard InChI is InChI=1S/C15H18N2O/c1-16-12-7-9-18-14(10-12)13-6-2-4-11-5-3-8-17-15(11)13/h2-6,8,12,14,16H,7,9-10H2,1H3. The van der Waals surface area contributed by atoms with Gasteiger partial charge in [-0.25, -0.2) is 0 Å². The summed E-state index contributed by atoms with van der Waals surface area (Å²) >= 11 is 0. The van der Waals surface area contributed by atoms with Crippen LogP contribution < -0.4 is 5.32 Å². The summed E-state index contributed by atoms with van der Waals surface area (Å²) < 4.78 is 5.92. The number of pyridine rings is 1. The minimum Gasteiger partial charge on any atom is -0.373 e. The van der Waals surface area contributed by atoms with Crippen molar-refractivity contribution in [2.75, 3.05) is 13.7 Å². The van der Waals surface area contributed by atoms with Crippen LogP contribution in [0.5, 0.6) is 0 Å². The van der Waals surface area contributed by atoms with E-state index in [1.165, 1.54) is 10.9 Å². The van der Waals surface area contributed by atoms with Crippen LogP contribution in [0.2, 0.25) is 0 Å². The number of hydrogen-bond donors (Lipinski definition) is 1. The Morgan fingerprint density at radius 2 is 2.17 bits per heavy atom. The Balaban J connectivity index is 1.98. The van der Waals surface area contributed by atoms with Crippen LogP contribution in [0, 0.1) is 0 Å². The first-order valence-electron chi connectivity index (χ1n) is 6.51. The number of para-hydroxylation sites is 1. The van der Waals surface area contributed by atoms with Crippen molar-refractivity contribution in [3.8, 4) is 0 Å². The first-order valence-corrected chi connectivity index (χ1v) is 6.51. The van der Waals surface area contributed by atoms with E-state index in [0.717, 1.165) is 25.0 Å². The minimum atomic E-state index is 0.162. The zero-order chi connectivity index (χ0) is 12.4. The smallest absolute Gasteiger partial charge is 0.0860 e. The molecule has 2 unspecified atom stereocenters. The topological polar surface area (TPSA) is 34.1 Å². The number of benzene rings is 1. The molecule has 2 heterocycles. The van der Waals surface area contributed by atoms with Gasteiger partial charge >= 0.3 is 0 Å². The number of nitrogens with zero attached hydrogens (tertiary/aromatic N) is 1. The van der Waals surface area contributed by atoms with Crippen LogP contribution in [0.15, 0.2) is 36.5 Å². The average molecular weight is 242 g/mol. The second kappa shape index (κ2) is 5.04. The lowest BCUT2D eigenvalue weighted by Crippen LogP contribution is -2.33. The number of fused-ring (bicyclic) bond motifs is 1. The van der Waals surface area contributed by atoms with Gasteiger partial charge in [-0.15, -0.1) is 0 Å². The molecule has 3 rings (SSSR count). The lowest BCUT2D eigenvalue weighted by molar-refractivity contribution is 0.00231. The number of ether oxygens (including phenoxy) is 1. The molecule has 0 saturated carbocycles. The molecule has 2 atom stereocenters. The van der Waals surface area contributed by atoms with Gasteiger partial charge in [-0.3, -0.25) is 4.98 Å². The molecule has 1 fully saturated rings. The molecule has 1 aliphatic heterocycles. The van der Waals surface area contributed by atoms with Crippen LogP contribution in [-0.4, -0.2) is 24.7 Å². The maximum atomic E-state index is 5.92. The molecule has 0 radical (unpaired) electrons. The largest absolute Gasteiger partial charge is 0.373 e. The van der Waals surface area contributed by atoms with Crippen LogP contribution in [0.25, 0.3) is 10.9 Å². The number of aromatic nitrogens is 1. The summed E-state index contributed by atoms with van der Waals surface area (Å²) in [4.78, 5) is 4.51. The summed E-state index contributed by atoms with van der Waals surface area (Å²) in [5.74, 6) is 0. The molecule has 1 aromatic heterocycles. The predicted octanol–water partition coefficient (Wildman–Crippen LogP) is 2.67. The normalized spacial score (nSPS) is 24.3. The summed E-state index contributed by atoms with van der Waals surface area (Å²) in [6.07, 6.45) is 4.12. The zero-order valence-electron chi connectivity index (χ0n) is 10.6. The maximum absolute atomic E-state index is 5.92. The molecule has 0 amide bonds. The molecule has 18 heavy (non-hydrogen) atoms. The number of nitrogens with one attached hydrogen (secondary N) is 1. The molecule has 0 bridgehead atoms. The highest BCUT2D eigenvalue weighted by atomic mass is 16.5. The zero-order valence-corrected chi connectivity index (χ0v) is 10.6. The molecule has 1 saturated heterocycles. The number of hydrogen-bond acceptors (Lipinski definition) is 3. The van der Waals surface area contributed by atoms with Gasteiger partial charge in [-0.2, -0.15) is 0 Å². The third-order valence-corrected chi connectivity index (χ3v) is 3.70. The van der Waals surface area contributed by atoms with E-state index >= 15 is 0 Å². The molecule has 94 valence electrons. The van der Waals surface area contributed by atoms with Crippen molar-refractivity contribution in [3.05, 3.63) is 42.1 Å². The number of rotatable bonds is 2. The van der Waals surface area contributed by atoms with Gasteiger partial charge < -0.3 is 10.1 Å². The van der Waals surface area contributed by atoms with Crippen molar-refractivity contribution >= 4 is 10.9 Å². The van der Waals surface area contributed by atoms with E-state index in [1.54, 1.807) is 0 Å². The monoisotopic (exact) mass is 242 g/mol. The summed E-state index contributed by atoms with van der Waals surface area (Å²) in [6.45, 7) is 0.819. The van der Waals surface area contributed by atoms with Crippen molar-refractivity contribution < 1.29 is 4.74 Å². The van der Waals surface area contributed by atoms with E-state index < -0.39 is 0 Å². The third kappa shape index (κ3) is 2.11. The van der Waals surface area contributed by atoms with Gasteiger partial charge in [0.25, 0.3) is 0 Å². The van der Waals surface area contributed by atoms with Crippen LogP contribution in [-0.2, 0) is 4.74 Å². The molecule has 0 spiro atoms. The summed E-state index contributed by atoms with van der Waals surface area (Å²) in [7, 11) is 2.02. The SMILES string of the molecule is CNC1CCOC(c2cccc3cccnc23)C1. The van der Waals surface area contributed by atoms with E-state index in [9.17, 15) is 0 Å². The summed E-state index contributed by atoms with van der Waals surface area (Å²) in [5, 5.41) is 4.54. The Bertz CT molecular complexity index is 536. The van der Waals surface area contributed by atoms with Crippen molar-refractivity contribution in [2.24, 2.45) is 0 Å². The Morgan fingerprint density at radius 1 is 1.28 bits per heavy atom. The molecule has 3 heteroatoms. The molecule has 1 aromatic carbocycles. The van der Waals surface area contributed by atoms with Crippen LogP contribution in [0.3, 0.4) is 0 Å². The van der Waals surface area contributed by atoms with E-state index in [-0.39, 0.29) is 6.10 Å². The van der Waals surface area contributed by atoms with Crippen molar-refractivity contribution in [2.45, 2.75) is 25.0 Å². The van der Waals surface area contributed by atoms with Crippen LogP contribution in [0.4, 0.5) is 0 Å². The molecule has 2 aromatic rings. The predicted molar refractivity (Wildman–Crippen MR) is 72.5 cm³/mol. The highest BCUT2D eigenvalue weighted by Gasteiger charge is 2.24. The van der Waals surface area contributed by atoms with Gasteiger partial charge in [0.2, 0.25) is 0 Å². The van der Waals surface area contributed by atoms with Crippen molar-refractivity contribution in [1.29, 1.82) is 0 Å². The quantitative estimate of drug-likeness (QED) is 0.879. The van der Waals surface area contributed by atoms with Crippen LogP contribution >= 0.6 is 0 Å². The molecular weight excluding hydrogens is 224 g/mol. The molecule has 0 aliphatic carbocycles. The fraction of sp³-hybridized carbons (Fsp3) is 0.400. The Kier molecular flexibility index (Phi) is 3.26. The third-order valence-electron chi connectivity index (χ3n) is 3.70. The van der Waals surface area contributed by atoms with Gasteiger partial charge in [0.15, 0.2) is 0 Å². The second-order valence-electron chi connectivity index (χ2n) is 4.79. The maximum Gasteiger partial charge on any atom is 0.0860 e. The van der Waals surface area contributed by atoms with Crippen molar-refractivity contribution in [3.63, 3.8) is 0 Å². The highest BCUT2D eigenvalue weighted by Crippen LogP contribution is 2.31. The molecular formula is C15H18N2O. The molecule has 3 nitrogen and oxygen atoms in total. The fourth-order valence-electron chi connectivity index (χ4n) is 2.66. The average Bonchev–Trinajstić information content (AvgIpc) is 2.47. The first kappa shape index (κ1) is 11.6. The van der Waals surface area contributed by atoms with Gasteiger partial charge in [0.1, 0.15) is 0 Å². The Hall–Kier alpha value is -1.45. The van der Waals surface area contributed by atoms with Gasteiger partial charge in [0, 0.05) is 29.8 Å². The Morgan fingerprint density at radius 3 is 3.06 bits per heavy atom. The van der Waals surface area contributed by atoms with E-state index in [0.29, 0.717) is 6.04 Å². The fourth-order valence-corrected chi connectivity index (χ4v) is 2.66. The highest BCUT2D eigenvalue weighted by molar-refractivity contribution is 5.81. The second-order valence-corrected chi connectivity index (χ2v) is 4.79. The van der Waals surface area contributed by atoms with E-state index in [1.807, 2.05) is 19.3 Å². The van der Waals surface area contributed by atoms with E-state index in [2.05, 4.69) is 34.6 Å². The minimum absolute atomic E-state index is 0.162.